The van der Waals surface area contributed by atoms with Crippen molar-refractivity contribution in [2.24, 2.45) is 0 Å². The highest BCUT2D eigenvalue weighted by molar-refractivity contribution is 7.08. The summed E-state index contributed by atoms with van der Waals surface area (Å²) in [6.07, 6.45) is 8.27. The van der Waals surface area contributed by atoms with Gasteiger partial charge in [-0.3, -0.25) is 20.0 Å². The number of hydrogen-bond donors (Lipinski definition) is 2. The molecular formula is C27H23N7S. The number of H-pyrrole nitrogens is 2. The molecule has 1 fully saturated rings. The summed E-state index contributed by atoms with van der Waals surface area (Å²) in [7, 11) is 0. The summed E-state index contributed by atoms with van der Waals surface area (Å²) < 4.78 is 0. The van der Waals surface area contributed by atoms with E-state index >= 15 is 0 Å². The monoisotopic (exact) mass is 477 g/mol. The minimum absolute atomic E-state index is 0.801. The molecule has 8 heteroatoms. The number of fused-ring (bicyclic) bond motifs is 2. The molecule has 1 aliphatic rings. The number of thiophene rings is 1. The predicted molar refractivity (Wildman–Crippen MR) is 140 cm³/mol. The van der Waals surface area contributed by atoms with Crippen molar-refractivity contribution in [1.29, 1.82) is 0 Å². The van der Waals surface area contributed by atoms with Crippen LogP contribution in [0.25, 0.3) is 55.8 Å². The molecule has 0 aromatic carbocycles. The topological polar surface area (TPSA) is 86.4 Å². The molecule has 1 saturated heterocycles. The van der Waals surface area contributed by atoms with Gasteiger partial charge >= 0.3 is 0 Å². The number of hydrogen-bond acceptors (Lipinski definition) is 6. The molecule has 0 bridgehead atoms. The SMILES string of the molecule is c1cc2[nH]c(-c3n[nH]c4ccc(-c5cncc(CN6CCCC6)c5)nc34)cc2c(-c2ccsc2)n1. The van der Waals surface area contributed by atoms with E-state index in [9.17, 15) is 0 Å². The first kappa shape index (κ1) is 20.5. The van der Waals surface area contributed by atoms with Gasteiger partial charge in [-0.25, -0.2) is 4.98 Å². The van der Waals surface area contributed by atoms with Gasteiger partial charge in [0, 0.05) is 52.5 Å². The fraction of sp³-hybridized carbons (Fsp3) is 0.185. The molecule has 0 unspecified atom stereocenters. The maximum Gasteiger partial charge on any atom is 0.135 e. The van der Waals surface area contributed by atoms with E-state index < -0.39 is 0 Å². The number of likely N-dealkylation sites (tertiary alicyclic amines) is 1. The molecule has 0 aliphatic carbocycles. The average Bonchev–Trinajstić information content (AvgIpc) is 3.70. The summed E-state index contributed by atoms with van der Waals surface area (Å²) in [6.45, 7) is 3.28. The summed E-state index contributed by atoms with van der Waals surface area (Å²) in [4.78, 5) is 20.2. The quantitative estimate of drug-likeness (QED) is 0.323. The molecule has 7 nitrogen and oxygen atoms in total. The smallest absolute Gasteiger partial charge is 0.135 e. The summed E-state index contributed by atoms with van der Waals surface area (Å²) in [6, 6.07) is 12.5. The van der Waals surface area contributed by atoms with Crippen molar-refractivity contribution in [1.82, 2.24) is 35.0 Å². The number of aromatic nitrogens is 6. The zero-order chi connectivity index (χ0) is 23.2. The largest absolute Gasteiger partial charge is 0.353 e. The van der Waals surface area contributed by atoms with E-state index in [1.807, 2.05) is 36.8 Å². The molecule has 172 valence electrons. The molecule has 7 rings (SSSR count). The van der Waals surface area contributed by atoms with E-state index in [0.717, 1.165) is 62.4 Å². The molecular weight excluding hydrogens is 454 g/mol. The van der Waals surface area contributed by atoms with E-state index in [-0.39, 0.29) is 0 Å². The lowest BCUT2D eigenvalue weighted by molar-refractivity contribution is 0.331. The molecule has 0 spiro atoms. The molecule has 7 heterocycles. The zero-order valence-corrected chi connectivity index (χ0v) is 19.8. The van der Waals surface area contributed by atoms with Crippen LogP contribution in [0, 0.1) is 0 Å². The first-order chi connectivity index (χ1) is 17.3. The Balaban J connectivity index is 1.28. The minimum Gasteiger partial charge on any atom is -0.353 e. The van der Waals surface area contributed by atoms with Gasteiger partial charge in [0.15, 0.2) is 0 Å². The maximum absolute atomic E-state index is 5.02. The van der Waals surface area contributed by atoms with Crippen LogP contribution in [0.4, 0.5) is 0 Å². The van der Waals surface area contributed by atoms with Crippen molar-refractivity contribution in [3.63, 3.8) is 0 Å². The highest BCUT2D eigenvalue weighted by atomic mass is 32.1. The van der Waals surface area contributed by atoms with Crippen LogP contribution < -0.4 is 0 Å². The van der Waals surface area contributed by atoms with E-state index in [2.05, 4.69) is 59.0 Å². The minimum atomic E-state index is 0.801. The van der Waals surface area contributed by atoms with E-state index in [0.29, 0.717) is 0 Å². The van der Waals surface area contributed by atoms with Crippen molar-refractivity contribution in [2.45, 2.75) is 19.4 Å². The second kappa shape index (κ2) is 8.41. The summed E-state index contributed by atoms with van der Waals surface area (Å²) in [5.41, 5.74) is 9.73. The van der Waals surface area contributed by atoms with Crippen molar-refractivity contribution in [2.75, 3.05) is 13.1 Å². The first-order valence-corrected chi connectivity index (χ1v) is 12.8. The maximum atomic E-state index is 5.02. The Bertz CT molecular complexity index is 1640. The third-order valence-electron chi connectivity index (χ3n) is 6.70. The normalized spacial score (nSPS) is 14.4. The third kappa shape index (κ3) is 3.71. The second-order valence-electron chi connectivity index (χ2n) is 9.05. The standard InChI is InChI=1S/C27H23N7S/c1-2-9-34(8-1)15-17-11-19(14-28-13-17)21-3-4-23-26(31-21)27(33-32-23)24-12-20-22(30-24)5-7-29-25(20)18-6-10-35-16-18/h3-7,10-14,16,30H,1-2,8-9,15H2,(H,32,33). The Kier molecular flexibility index (Phi) is 4.92. The van der Waals surface area contributed by atoms with Gasteiger partial charge < -0.3 is 4.98 Å². The molecule has 0 radical (unpaired) electrons. The van der Waals surface area contributed by atoms with Gasteiger partial charge in [0.1, 0.15) is 11.2 Å². The Morgan fingerprint density at radius 1 is 0.943 bits per heavy atom. The molecule has 0 amide bonds. The van der Waals surface area contributed by atoms with Crippen LogP contribution in [0.2, 0.25) is 0 Å². The first-order valence-electron chi connectivity index (χ1n) is 11.8. The summed E-state index contributed by atoms with van der Waals surface area (Å²) in [5, 5.41) is 13.0. The fourth-order valence-electron chi connectivity index (χ4n) is 4.97. The van der Waals surface area contributed by atoms with Gasteiger partial charge in [-0.05, 0) is 73.3 Å². The highest BCUT2D eigenvalue weighted by Gasteiger charge is 2.17. The molecule has 6 aromatic heterocycles. The lowest BCUT2D eigenvalue weighted by atomic mass is 10.1. The van der Waals surface area contributed by atoms with Crippen LogP contribution in [0.3, 0.4) is 0 Å². The van der Waals surface area contributed by atoms with Gasteiger partial charge in [0.2, 0.25) is 0 Å². The average molecular weight is 478 g/mol. The highest BCUT2D eigenvalue weighted by Crippen LogP contribution is 2.33. The Hall–Kier alpha value is -3.88. The van der Waals surface area contributed by atoms with Gasteiger partial charge in [0.25, 0.3) is 0 Å². The van der Waals surface area contributed by atoms with Crippen LogP contribution in [0.1, 0.15) is 18.4 Å². The van der Waals surface area contributed by atoms with Crippen molar-refractivity contribution in [3.05, 3.63) is 71.3 Å². The summed E-state index contributed by atoms with van der Waals surface area (Å²) >= 11 is 1.67. The Morgan fingerprint density at radius 3 is 2.77 bits per heavy atom. The summed E-state index contributed by atoms with van der Waals surface area (Å²) in [5.74, 6) is 0. The van der Waals surface area contributed by atoms with Crippen molar-refractivity contribution >= 4 is 33.3 Å². The third-order valence-corrected chi connectivity index (χ3v) is 7.38. The molecule has 2 N–H and O–H groups in total. The lowest BCUT2D eigenvalue weighted by Crippen LogP contribution is -2.18. The molecule has 0 saturated carbocycles. The number of rotatable bonds is 5. The molecule has 1 aliphatic heterocycles. The number of nitrogens with zero attached hydrogens (tertiary/aromatic N) is 5. The van der Waals surface area contributed by atoms with E-state index in [1.165, 1.54) is 31.5 Å². The van der Waals surface area contributed by atoms with Gasteiger partial charge in [-0.2, -0.15) is 16.4 Å². The number of pyridine rings is 3. The van der Waals surface area contributed by atoms with Crippen LogP contribution in [0.15, 0.2) is 65.7 Å². The molecule has 35 heavy (non-hydrogen) atoms. The molecule has 6 aromatic rings. The van der Waals surface area contributed by atoms with Crippen LogP contribution in [-0.2, 0) is 6.54 Å². The Labute approximate surface area is 205 Å². The van der Waals surface area contributed by atoms with E-state index in [1.54, 1.807) is 11.3 Å². The van der Waals surface area contributed by atoms with Crippen molar-refractivity contribution < 1.29 is 0 Å². The number of aromatic amines is 2. The van der Waals surface area contributed by atoms with Gasteiger partial charge in [-0.15, -0.1) is 0 Å². The molecule has 0 atom stereocenters. The van der Waals surface area contributed by atoms with Gasteiger partial charge in [-0.1, -0.05) is 0 Å². The zero-order valence-electron chi connectivity index (χ0n) is 19.0. The lowest BCUT2D eigenvalue weighted by Gasteiger charge is -2.14. The fourth-order valence-corrected chi connectivity index (χ4v) is 5.61. The number of nitrogens with one attached hydrogen (secondary N) is 2. The van der Waals surface area contributed by atoms with Crippen LogP contribution in [0.5, 0.6) is 0 Å². The Morgan fingerprint density at radius 2 is 1.89 bits per heavy atom. The van der Waals surface area contributed by atoms with Crippen molar-refractivity contribution in [3.8, 4) is 33.9 Å². The second-order valence-corrected chi connectivity index (χ2v) is 9.83. The van der Waals surface area contributed by atoms with Crippen LogP contribution in [-0.4, -0.2) is 48.1 Å². The van der Waals surface area contributed by atoms with Crippen LogP contribution >= 0.6 is 11.3 Å². The predicted octanol–water partition coefficient (Wildman–Crippen LogP) is 5.89. The van der Waals surface area contributed by atoms with E-state index in [4.69, 9.17) is 4.98 Å². The van der Waals surface area contributed by atoms with Gasteiger partial charge in [0.05, 0.1) is 22.6 Å².